The van der Waals surface area contributed by atoms with Gasteiger partial charge in [-0.15, -0.1) is 0 Å². The van der Waals surface area contributed by atoms with E-state index in [0.717, 1.165) is 11.1 Å². The number of ether oxygens (including phenoxy) is 2. The Labute approximate surface area is 188 Å². The Balaban J connectivity index is 1.73. The monoisotopic (exact) mass is 466 g/mol. The lowest BCUT2D eigenvalue weighted by molar-refractivity contribution is -0.120. The van der Waals surface area contributed by atoms with Gasteiger partial charge in [0.1, 0.15) is 11.5 Å². The van der Waals surface area contributed by atoms with E-state index in [1.165, 1.54) is 18.5 Å². The quantitative estimate of drug-likeness (QED) is 0.670. The molecule has 1 N–H and O–H groups in total. The first-order valence-electron chi connectivity index (χ1n) is 10.00. The van der Waals surface area contributed by atoms with E-state index >= 15 is 0 Å². The number of methoxy groups -OCH3 is 2. The molecular formula is C22H27ClN2O5S. The summed E-state index contributed by atoms with van der Waals surface area (Å²) < 4.78 is 37.9. The summed E-state index contributed by atoms with van der Waals surface area (Å²) in [7, 11) is -0.572. The van der Waals surface area contributed by atoms with Gasteiger partial charge in [0.05, 0.1) is 36.6 Å². The highest BCUT2D eigenvalue weighted by Gasteiger charge is 2.33. The molecule has 2 aromatic rings. The van der Waals surface area contributed by atoms with Gasteiger partial charge >= 0.3 is 0 Å². The molecule has 9 heteroatoms. The van der Waals surface area contributed by atoms with Gasteiger partial charge in [-0.1, -0.05) is 35.9 Å². The number of anilines is 1. The van der Waals surface area contributed by atoms with Crippen LogP contribution >= 0.6 is 11.6 Å². The highest BCUT2D eigenvalue weighted by atomic mass is 35.5. The molecule has 0 saturated carbocycles. The van der Waals surface area contributed by atoms with E-state index in [9.17, 15) is 13.2 Å². The van der Waals surface area contributed by atoms with Gasteiger partial charge in [-0.2, -0.15) is 0 Å². The molecule has 1 unspecified atom stereocenters. The van der Waals surface area contributed by atoms with Gasteiger partial charge < -0.3 is 14.8 Å². The predicted molar refractivity (Wildman–Crippen MR) is 121 cm³/mol. The van der Waals surface area contributed by atoms with Gasteiger partial charge in [0.2, 0.25) is 15.9 Å². The normalized spacial score (nSPS) is 17.2. The Bertz CT molecular complexity index is 1060. The number of sulfonamides is 1. The molecule has 0 aliphatic carbocycles. The second-order valence-electron chi connectivity index (χ2n) is 7.56. The molecule has 31 heavy (non-hydrogen) atoms. The minimum atomic E-state index is -3.54. The number of carbonyl (C=O) groups excluding carboxylic acids is 1. The van der Waals surface area contributed by atoms with Gasteiger partial charge in [0, 0.05) is 25.2 Å². The van der Waals surface area contributed by atoms with Gasteiger partial charge in [-0.3, -0.25) is 4.79 Å². The average molecular weight is 467 g/mol. The molecule has 1 heterocycles. The highest BCUT2D eigenvalue weighted by Crippen LogP contribution is 2.36. The molecular weight excluding hydrogens is 440 g/mol. The third-order valence-electron chi connectivity index (χ3n) is 5.48. The summed E-state index contributed by atoms with van der Waals surface area (Å²) in [5.41, 5.74) is 2.13. The fourth-order valence-corrected chi connectivity index (χ4v) is 5.61. The Morgan fingerprint density at radius 2 is 1.90 bits per heavy atom. The van der Waals surface area contributed by atoms with Crippen molar-refractivity contribution in [3.8, 4) is 11.5 Å². The number of hydrogen-bond donors (Lipinski definition) is 1. The first-order chi connectivity index (χ1) is 14.7. The second kappa shape index (κ2) is 9.89. The van der Waals surface area contributed by atoms with E-state index in [2.05, 4.69) is 5.32 Å². The van der Waals surface area contributed by atoms with E-state index in [1.807, 2.05) is 31.2 Å². The molecule has 2 aromatic carbocycles. The molecule has 7 nitrogen and oxygen atoms in total. The van der Waals surface area contributed by atoms with E-state index in [1.54, 1.807) is 12.1 Å². The summed E-state index contributed by atoms with van der Waals surface area (Å²) in [6.45, 7) is 2.45. The number of rotatable bonds is 7. The van der Waals surface area contributed by atoms with Crippen molar-refractivity contribution in [2.24, 2.45) is 5.92 Å². The van der Waals surface area contributed by atoms with Gasteiger partial charge in [-0.25, -0.2) is 12.7 Å². The van der Waals surface area contributed by atoms with Crippen molar-refractivity contribution in [3.05, 3.63) is 52.5 Å². The van der Waals surface area contributed by atoms with E-state index in [0.29, 0.717) is 41.6 Å². The zero-order chi connectivity index (χ0) is 22.6. The summed E-state index contributed by atoms with van der Waals surface area (Å²) in [5, 5.41) is 3.20. The SMILES string of the molecule is COc1cc(NC(=O)C2CCCN(S(=O)(=O)Cc3ccccc3C)C2)c(OC)cc1Cl. The molecule has 1 aliphatic rings. The number of carbonyl (C=O) groups is 1. The van der Waals surface area contributed by atoms with Crippen LogP contribution in [0.25, 0.3) is 0 Å². The molecule has 0 radical (unpaired) electrons. The lowest BCUT2D eigenvalue weighted by Gasteiger charge is -2.31. The summed E-state index contributed by atoms with van der Waals surface area (Å²) in [6, 6.07) is 10.6. The second-order valence-corrected chi connectivity index (χ2v) is 9.93. The number of benzene rings is 2. The molecule has 1 atom stereocenters. The lowest BCUT2D eigenvalue weighted by Crippen LogP contribution is -2.44. The first kappa shape index (κ1) is 23.4. The number of nitrogens with zero attached hydrogens (tertiary/aromatic N) is 1. The number of halogens is 1. The maximum Gasteiger partial charge on any atom is 0.228 e. The standard InChI is InChI=1S/C22H27ClN2O5S/c1-15-7-4-5-8-17(15)14-31(27,28)25-10-6-9-16(13-25)22(26)24-19-12-20(29-2)18(23)11-21(19)30-3/h4-5,7-8,11-12,16H,6,9-10,13-14H2,1-3H3,(H,24,26). The predicted octanol–water partition coefficient (Wildman–Crippen LogP) is 3.85. The third kappa shape index (κ3) is 5.50. The van der Waals surface area contributed by atoms with Crippen molar-refractivity contribution in [1.29, 1.82) is 0 Å². The summed E-state index contributed by atoms with van der Waals surface area (Å²) in [5.74, 6) is 0.00373. The van der Waals surface area contributed by atoms with E-state index < -0.39 is 15.9 Å². The van der Waals surface area contributed by atoms with Gasteiger partial charge in [-0.05, 0) is 30.9 Å². The van der Waals surface area contributed by atoms with Crippen LogP contribution in [0.1, 0.15) is 24.0 Å². The topological polar surface area (TPSA) is 84.9 Å². The molecule has 1 amide bonds. The minimum absolute atomic E-state index is 0.0732. The summed E-state index contributed by atoms with van der Waals surface area (Å²) in [4.78, 5) is 12.9. The van der Waals surface area contributed by atoms with Crippen LogP contribution in [0.2, 0.25) is 5.02 Å². The lowest BCUT2D eigenvalue weighted by atomic mass is 9.98. The van der Waals surface area contributed by atoms with Gasteiger partial charge in [0.15, 0.2) is 0 Å². The number of hydrogen-bond acceptors (Lipinski definition) is 5. The van der Waals surface area contributed by atoms with Crippen LogP contribution in [0.3, 0.4) is 0 Å². The molecule has 0 aromatic heterocycles. The summed E-state index contributed by atoms with van der Waals surface area (Å²) >= 11 is 6.12. The third-order valence-corrected chi connectivity index (χ3v) is 7.57. The Morgan fingerprint density at radius 1 is 1.19 bits per heavy atom. The molecule has 1 aliphatic heterocycles. The van der Waals surface area contributed by atoms with E-state index in [4.69, 9.17) is 21.1 Å². The number of amides is 1. The van der Waals surface area contributed by atoms with Crippen LogP contribution in [0, 0.1) is 12.8 Å². The zero-order valence-electron chi connectivity index (χ0n) is 17.9. The molecule has 1 fully saturated rings. The van der Waals surface area contributed by atoms with Gasteiger partial charge in [0.25, 0.3) is 0 Å². The first-order valence-corrected chi connectivity index (χ1v) is 12.0. The maximum atomic E-state index is 13.0. The van der Waals surface area contributed by atoms with Crippen molar-refractivity contribution >= 4 is 33.2 Å². The Kier molecular flexibility index (Phi) is 7.46. The maximum absolute atomic E-state index is 13.0. The van der Waals surface area contributed by atoms with Crippen molar-refractivity contribution in [2.75, 3.05) is 32.6 Å². The fraction of sp³-hybridized carbons (Fsp3) is 0.409. The minimum Gasteiger partial charge on any atom is -0.495 e. The van der Waals surface area contributed by atoms with E-state index in [-0.39, 0.29) is 18.2 Å². The van der Waals surface area contributed by atoms with Crippen molar-refractivity contribution in [1.82, 2.24) is 4.31 Å². The number of aryl methyl sites for hydroxylation is 1. The largest absolute Gasteiger partial charge is 0.495 e. The van der Waals surface area contributed by atoms with Crippen LogP contribution in [0.5, 0.6) is 11.5 Å². The van der Waals surface area contributed by atoms with Crippen LogP contribution in [0.4, 0.5) is 5.69 Å². The van der Waals surface area contributed by atoms with Crippen LogP contribution < -0.4 is 14.8 Å². The van der Waals surface area contributed by atoms with Crippen LogP contribution in [-0.2, 0) is 20.6 Å². The number of piperidine rings is 1. The average Bonchev–Trinajstić information content (AvgIpc) is 2.76. The Morgan fingerprint density at radius 3 is 2.58 bits per heavy atom. The van der Waals surface area contributed by atoms with Crippen molar-refractivity contribution < 1.29 is 22.7 Å². The molecule has 0 spiro atoms. The Hall–Kier alpha value is -2.29. The number of nitrogens with one attached hydrogen (secondary N) is 1. The fourth-order valence-electron chi connectivity index (χ4n) is 3.66. The van der Waals surface area contributed by atoms with Crippen LogP contribution in [0.15, 0.2) is 36.4 Å². The summed E-state index contributed by atoms with van der Waals surface area (Å²) in [6.07, 6.45) is 1.22. The molecule has 3 rings (SSSR count). The van der Waals surface area contributed by atoms with Crippen molar-refractivity contribution in [3.63, 3.8) is 0 Å². The molecule has 0 bridgehead atoms. The smallest absolute Gasteiger partial charge is 0.228 e. The van der Waals surface area contributed by atoms with Crippen LogP contribution in [-0.4, -0.2) is 45.9 Å². The highest BCUT2D eigenvalue weighted by molar-refractivity contribution is 7.88. The zero-order valence-corrected chi connectivity index (χ0v) is 19.4. The van der Waals surface area contributed by atoms with Crippen molar-refractivity contribution in [2.45, 2.75) is 25.5 Å². The molecule has 168 valence electrons. The molecule has 1 saturated heterocycles.